The van der Waals surface area contributed by atoms with Crippen LogP contribution in [0.2, 0.25) is 0 Å². The van der Waals surface area contributed by atoms with Crippen molar-refractivity contribution in [3.05, 3.63) is 68.5 Å². The van der Waals surface area contributed by atoms with Crippen molar-refractivity contribution in [1.29, 1.82) is 0 Å². The first kappa shape index (κ1) is 15.3. The summed E-state index contributed by atoms with van der Waals surface area (Å²) in [6, 6.07) is 8.20. The van der Waals surface area contributed by atoms with Gasteiger partial charge in [0, 0.05) is 26.0 Å². The summed E-state index contributed by atoms with van der Waals surface area (Å²) in [5, 5.41) is 3.36. The average molecular weight is 287 g/mol. The molecule has 1 aromatic carbocycles. The predicted molar refractivity (Wildman–Crippen MR) is 83.5 cm³/mol. The van der Waals surface area contributed by atoms with Gasteiger partial charge in [0.2, 0.25) is 0 Å². The summed E-state index contributed by atoms with van der Waals surface area (Å²) >= 11 is 0. The highest BCUT2D eigenvalue weighted by atomic mass is 16.2. The molecule has 0 saturated heterocycles. The quantitative estimate of drug-likeness (QED) is 0.841. The molecule has 1 atom stereocenters. The van der Waals surface area contributed by atoms with Gasteiger partial charge in [-0.05, 0) is 19.0 Å². The van der Waals surface area contributed by atoms with Crippen LogP contribution in [-0.4, -0.2) is 15.7 Å². The number of likely N-dealkylation sites (N-methyl/N-ethyl adjacent to an activating group) is 1. The van der Waals surface area contributed by atoms with Crippen LogP contribution in [0, 0.1) is 6.92 Å². The molecule has 21 heavy (non-hydrogen) atoms. The lowest BCUT2D eigenvalue weighted by molar-refractivity contribution is 0.461. The van der Waals surface area contributed by atoms with E-state index in [0.29, 0.717) is 6.54 Å². The third kappa shape index (κ3) is 3.49. The molecular weight excluding hydrogens is 266 g/mol. The highest BCUT2D eigenvalue weighted by Crippen LogP contribution is 2.15. The van der Waals surface area contributed by atoms with Gasteiger partial charge in [-0.15, -0.1) is 0 Å². The van der Waals surface area contributed by atoms with Crippen molar-refractivity contribution in [2.75, 3.05) is 6.54 Å². The molecule has 1 aromatic heterocycles. The van der Waals surface area contributed by atoms with Crippen LogP contribution >= 0.6 is 0 Å². The summed E-state index contributed by atoms with van der Waals surface area (Å²) < 4.78 is 2.77. The van der Waals surface area contributed by atoms with Crippen LogP contribution in [0.1, 0.15) is 24.1 Å². The molecule has 112 valence electrons. The maximum atomic E-state index is 12.0. The number of aryl methyl sites for hydroxylation is 2. The lowest BCUT2D eigenvalue weighted by atomic mass is 10.0. The average Bonchev–Trinajstić information content (AvgIpc) is 2.48. The molecule has 5 heteroatoms. The van der Waals surface area contributed by atoms with Crippen LogP contribution in [0.3, 0.4) is 0 Å². The van der Waals surface area contributed by atoms with Crippen molar-refractivity contribution < 1.29 is 0 Å². The number of nitrogens with one attached hydrogen (secondary N) is 1. The molecular formula is C16H21N3O2. The summed E-state index contributed by atoms with van der Waals surface area (Å²) in [4.78, 5) is 23.7. The Hall–Kier alpha value is -2.14. The van der Waals surface area contributed by atoms with Crippen molar-refractivity contribution in [3.8, 4) is 0 Å². The number of aromatic nitrogens is 2. The minimum atomic E-state index is -0.503. The molecule has 0 saturated carbocycles. The molecule has 1 N–H and O–H groups in total. The smallest absolute Gasteiger partial charge is 0.312 e. The predicted octanol–water partition coefficient (Wildman–Crippen LogP) is 1.21. The molecule has 0 spiro atoms. The highest BCUT2D eigenvalue weighted by molar-refractivity contribution is 5.24. The van der Waals surface area contributed by atoms with Crippen LogP contribution in [0.4, 0.5) is 0 Å². The van der Waals surface area contributed by atoms with E-state index < -0.39 is 11.1 Å². The van der Waals surface area contributed by atoms with E-state index in [1.165, 1.54) is 14.7 Å². The fourth-order valence-corrected chi connectivity index (χ4v) is 2.26. The summed E-state index contributed by atoms with van der Waals surface area (Å²) in [5.41, 5.74) is 1.31. The number of hydrogen-bond acceptors (Lipinski definition) is 3. The van der Waals surface area contributed by atoms with Gasteiger partial charge in [-0.2, -0.15) is 0 Å². The second-order valence-electron chi connectivity index (χ2n) is 5.19. The van der Waals surface area contributed by atoms with E-state index in [4.69, 9.17) is 0 Å². The summed E-state index contributed by atoms with van der Waals surface area (Å²) in [7, 11) is 1.58. The SMILES string of the molecule is CCNC(Cn1ccn(C)c(=O)c1=O)c1ccc(C)cc1. The van der Waals surface area contributed by atoms with E-state index in [1.54, 1.807) is 19.4 Å². The van der Waals surface area contributed by atoms with Gasteiger partial charge in [0.05, 0.1) is 6.04 Å². The van der Waals surface area contributed by atoms with Crippen molar-refractivity contribution in [1.82, 2.24) is 14.5 Å². The zero-order valence-corrected chi connectivity index (χ0v) is 12.7. The van der Waals surface area contributed by atoms with Crippen molar-refractivity contribution in [2.45, 2.75) is 26.4 Å². The van der Waals surface area contributed by atoms with E-state index in [-0.39, 0.29) is 6.04 Å². The first-order chi connectivity index (χ1) is 10.0. The van der Waals surface area contributed by atoms with Crippen LogP contribution in [0.25, 0.3) is 0 Å². The molecule has 0 aliphatic rings. The molecule has 2 aromatic rings. The Kier molecular flexibility index (Phi) is 4.75. The van der Waals surface area contributed by atoms with E-state index in [9.17, 15) is 9.59 Å². The number of nitrogens with zero attached hydrogens (tertiary/aromatic N) is 2. The first-order valence-corrected chi connectivity index (χ1v) is 7.09. The summed E-state index contributed by atoms with van der Waals surface area (Å²) in [6.07, 6.45) is 3.27. The highest BCUT2D eigenvalue weighted by Gasteiger charge is 2.13. The minimum absolute atomic E-state index is 0.000376. The largest absolute Gasteiger partial charge is 0.316 e. The second-order valence-corrected chi connectivity index (χ2v) is 5.19. The van der Waals surface area contributed by atoms with Crippen molar-refractivity contribution in [2.24, 2.45) is 7.05 Å². The molecule has 0 aliphatic heterocycles. The molecule has 0 radical (unpaired) electrons. The Labute approximate surface area is 123 Å². The molecule has 5 nitrogen and oxygen atoms in total. The van der Waals surface area contributed by atoms with Crippen molar-refractivity contribution >= 4 is 0 Å². The maximum absolute atomic E-state index is 12.0. The Morgan fingerprint density at radius 2 is 1.76 bits per heavy atom. The fourth-order valence-electron chi connectivity index (χ4n) is 2.26. The Balaban J connectivity index is 2.33. The summed E-state index contributed by atoms with van der Waals surface area (Å²) in [5.74, 6) is 0. The molecule has 0 bridgehead atoms. The first-order valence-electron chi connectivity index (χ1n) is 7.09. The normalized spacial score (nSPS) is 12.3. The zero-order chi connectivity index (χ0) is 15.4. The minimum Gasteiger partial charge on any atom is -0.312 e. The molecule has 1 heterocycles. The standard InChI is InChI=1S/C16H21N3O2/c1-4-17-14(13-7-5-12(2)6-8-13)11-19-10-9-18(3)15(20)16(19)21/h5-10,14,17H,4,11H2,1-3H3. The van der Waals surface area contributed by atoms with Gasteiger partial charge >= 0.3 is 11.1 Å². The van der Waals surface area contributed by atoms with Gasteiger partial charge in [0.1, 0.15) is 0 Å². The molecule has 0 aliphatic carbocycles. The topological polar surface area (TPSA) is 56.0 Å². The number of hydrogen-bond donors (Lipinski definition) is 1. The summed E-state index contributed by atoms with van der Waals surface area (Å²) in [6.45, 7) is 5.29. The van der Waals surface area contributed by atoms with Gasteiger partial charge in [0.15, 0.2) is 0 Å². The molecule has 1 unspecified atom stereocenters. The van der Waals surface area contributed by atoms with Gasteiger partial charge < -0.3 is 14.5 Å². The Morgan fingerprint density at radius 1 is 1.10 bits per heavy atom. The number of benzene rings is 1. The maximum Gasteiger partial charge on any atom is 0.316 e. The van der Waals surface area contributed by atoms with E-state index in [1.807, 2.05) is 26.0 Å². The second kappa shape index (κ2) is 6.54. The monoisotopic (exact) mass is 287 g/mol. The third-order valence-corrected chi connectivity index (χ3v) is 3.54. The van der Waals surface area contributed by atoms with Gasteiger partial charge in [-0.1, -0.05) is 36.8 Å². The van der Waals surface area contributed by atoms with E-state index >= 15 is 0 Å². The molecule has 2 rings (SSSR count). The lowest BCUT2D eigenvalue weighted by Gasteiger charge is -2.19. The van der Waals surface area contributed by atoms with E-state index in [0.717, 1.165) is 12.1 Å². The Morgan fingerprint density at radius 3 is 2.38 bits per heavy atom. The third-order valence-electron chi connectivity index (χ3n) is 3.54. The number of rotatable bonds is 5. The van der Waals surface area contributed by atoms with Gasteiger partial charge in [0.25, 0.3) is 0 Å². The van der Waals surface area contributed by atoms with Crippen LogP contribution in [-0.2, 0) is 13.6 Å². The lowest BCUT2D eigenvalue weighted by Crippen LogP contribution is -2.41. The fraction of sp³-hybridized carbons (Fsp3) is 0.375. The van der Waals surface area contributed by atoms with Crippen molar-refractivity contribution in [3.63, 3.8) is 0 Å². The van der Waals surface area contributed by atoms with Crippen LogP contribution in [0.5, 0.6) is 0 Å². The van der Waals surface area contributed by atoms with Crippen LogP contribution in [0.15, 0.2) is 46.2 Å². The zero-order valence-electron chi connectivity index (χ0n) is 12.7. The Bertz CT molecular complexity index is 714. The molecule has 0 amide bonds. The van der Waals surface area contributed by atoms with E-state index in [2.05, 4.69) is 17.4 Å². The van der Waals surface area contributed by atoms with Crippen LogP contribution < -0.4 is 16.4 Å². The van der Waals surface area contributed by atoms with Gasteiger partial charge in [-0.25, -0.2) is 0 Å². The molecule has 0 fully saturated rings. The van der Waals surface area contributed by atoms with Gasteiger partial charge in [-0.3, -0.25) is 9.59 Å².